The molecule has 3 aromatic rings. The third kappa shape index (κ3) is 3.24. The molecule has 1 unspecified atom stereocenters. The smallest absolute Gasteiger partial charge is 0.268 e. The molecule has 4 rings (SSSR count). The molecule has 0 bridgehead atoms. The fourth-order valence-electron chi connectivity index (χ4n) is 3.57. The van der Waals surface area contributed by atoms with Gasteiger partial charge in [-0.05, 0) is 42.8 Å². The summed E-state index contributed by atoms with van der Waals surface area (Å²) in [4.78, 5) is 0.171. The van der Waals surface area contributed by atoms with Gasteiger partial charge in [0.25, 0.3) is 10.0 Å². The first-order valence-corrected chi connectivity index (χ1v) is 12.3. The minimum atomic E-state index is -3.94. The third-order valence-electron chi connectivity index (χ3n) is 5.01. The molecule has 0 amide bonds. The number of anilines is 1. The molecule has 0 aliphatic carbocycles. The maximum Gasteiger partial charge on any atom is 0.268 e. The minimum absolute atomic E-state index is 0.171. The summed E-state index contributed by atoms with van der Waals surface area (Å²) in [6.07, 6.45) is 0. The molecular formula is C22H17BrINO3S. The molecule has 0 fully saturated rings. The summed E-state index contributed by atoms with van der Waals surface area (Å²) in [6, 6.07) is 21.1. The Bertz CT molecular complexity index is 1210. The lowest BCUT2D eigenvalue weighted by atomic mass is 9.86. The molecule has 0 spiro atoms. The quantitative estimate of drug-likeness (QED) is 0.417. The van der Waals surface area contributed by atoms with Gasteiger partial charge in [-0.25, -0.2) is 12.7 Å². The normalized spacial score (nSPS) is 20.1. The van der Waals surface area contributed by atoms with Crippen molar-refractivity contribution in [1.29, 1.82) is 0 Å². The largest absolute Gasteiger partial charge is 0.374 e. The van der Waals surface area contributed by atoms with Crippen molar-refractivity contribution in [2.75, 3.05) is 4.31 Å². The number of rotatable bonds is 3. The standard InChI is InChI=1S/C22H17BrINO3S/c1-15-7-10-18(11-8-15)29(27,28)25-20-12-9-17(23)13-19(20)22(26,21(25)14-24)16-5-3-2-4-6-16/h2-14,26H,1H3/b21-14+. The molecule has 0 saturated heterocycles. The molecule has 0 radical (unpaired) electrons. The average molecular weight is 582 g/mol. The lowest BCUT2D eigenvalue weighted by Crippen LogP contribution is -2.35. The van der Waals surface area contributed by atoms with Crippen molar-refractivity contribution in [2.24, 2.45) is 0 Å². The predicted octanol–water partition coefficient (Wildman–Crippen LogP) is 5.48. The van der Waals surface area contributed by atoms with E-state index < -0.39 is 15.6 Å². The third-order valence-corrected chi connectivity index (χ3v) is 7.84. The summed E-state index contributed by atoms with van der Waals surface area (Å²) < 4.78 is 30.9. The van der Waals surface area contributed by atoms with E-state index in [0.717, 1.165) is 10.0 Å². The van der Waals surface area contributed by atoms with Gasteiger partial charge in [0.05, 0.1) is 16.3 Å². The first kappa shape index (κ1) is 20.6. The van der Waals surface area contributed by atoms with E-state index in [-0.39, 0.29) is 10.6 Å². The van der Waals surface area contributed by atoms with Gasteiger partial charge < -0.3 is 5.11 Å². The van der Waals surface area contributed by atoms with E-state index >= 15 is 0 Å². The van der Waals surface area contributed by atoms with E-state index in [2.05, 4.69) is 15.9 Å². The van der Waals surface area contributed by atoms with Crippen LogP contribution in [0, 0.1) is 6.92 Å². The highest BCUT2D eigenvalue weighted by Gasteiger charge is 2.51. The first-order valence-electron chi connectivity index (χ1n) is 8.81. The zero-order valence-corrected chi connectivity index (χ0v) is 19.9. The lowest BCUT2D eigenvalue weighted by molar-refractivity contribution is 0.128. The number of benzene rings is 3. The summed E-state index contributed by atoms with van der Waals surface area (Å²) in [5.74, 6) is 0. The Morgan fingerprint density at radius 2 is 1.69 bits per heavy atom. The zero-order valence-electron chi connectivity index (χ0n) is 15.4. The topological polar surface area (TPSA) is 57.6 Å². The van der Waals surface area contributed by atoms with Crippen LogP contribution in [0.3, 0.4) is 0 Å². The SMILES string of the molecule is Cc1ccc(S(=O)(=O)N2/C(=C/I)C(O)(c3ccccc3)c3cc(Br)ccc32)cc1. The maximum atomic E-state index is 13.6. The Balaban J connectivity index is 2.01. The molecule has 0 saturated carbocycles. The second-order valence-electron chi connectivity index (χ2n) is 6.81. The molecule has 0 aromatic heterocycles. The molecule has 148 valence electrons. The highest BCUT2D eigenvalue weighted by molar-refractivity contribution is 14.1. The van der Waals surface area contributed by atoms with Crippen LogP contribution in [0.5, 0.6) is 0 Å². The van der Waals surface area contributed by atoms with Crippen molar-refractivity contribution >= 4 is 54.2 Å². The summed E-state index contributed by atoms with van der Waals surface area (Å²) in [5.41, 5.74) is 1.20. The number of nitrogens with zero attached hydrogens (tertiary/aromatic N) is 1. The molecule has 3 aromatic carbocycles. The van der Waals surface area contributed by atoms with Crippen molar-refractivity contribution in [3.8, 4) is 0 Å². The highest BCUT2D eigenvalue weighted by atomic mass is 127. The maximum absolute atomic E-state index is 13.6. The number of aliphatic hydroxyl groups is 1. The highest BCUT2D eigenvalue weighted by Crippen LogP contribution is 2.53. The number of aryl methyl sites for hydroxylation is 1. The Morgan fingerprint density at radius 3 is 2.31 bits per heavy atom. The fourth-order valence-corrected chi connectivity index (χ4v) is 6.40. The van der Waals surface area contributed by atoms with Gasteiger partial charge in [0.2, 0.25) is 0 Å². The van der Waals surface area contributed by atoms with Crippen LogP contribution in [0.15, 0.2) is 91.9 Å². The second kappa shape index (κ2) is 7.54. The van der Waals surface area contributed by atoms with E-state index in [1.165, 1.54) is 4.31 Å². The van der Waals surface area contributed by atoms with Crippen LogP contribution < -0.4 is 4.31 Å². The molecule has 7 heteroatoms. The van der Waals surface area contributed by atoms with Gasteiger partial charge in [-0.2, -0.15) is 0 Å². The summed E-state index contributed by atoms with van der Waals surface area (Å²) >= 11 is 5.44. The molecule has 1 heterocycles. The molecule has 1 aliphatic heterocycles. The van der Waals surface area contributed by atoms with E-state index in [1.807, 2.05) is 47.7 Å². The van der Waals surface area contributed by atoms with Crippen LogP contribution in [-0.2, 0) is 15.6 Å². The van der Waals surface area contributed by atoms with Crippen LogP contribution in [0.25, 0.3) is 0 Å². The lowest BCUT2D eigenvalue weighted by Gasteiger charge is -2.28. The summed E-state index contributed by atoms with van der Waals surface area (Å²) in [6.45, 7) is 1.91. The van der Waals surface area contributed by atoms with Gasteiger partial charge in [-0.1, -0.05) is 86.5 Å². The van der Waals surface area contributed by atoms with E-state index in [4.69, 9.17) is 0 Å². The van der Waals surface area contributed by atoms with E-state index in [0.29, 0.717) is 16.8 Å². The number of hydrogen-bond acceptors (Lipinski definition) is 3. The van der Waals surface area contributed by atoms with Gasteiger partial charge in [0.1, 0.15) is 0 Å². The fraction of sp³-hybridized carbons (Fsp3) is 0.0909. The summed E-state index contributed by atoms with van der Waals surface area (Å²) in [7, 11) is -3.94. The minimum Gasteiger partial charge on any atom is -0.374 e. The molecule has 1 aliphatic rings. The van der Waals surface area contributed by atoms with Crippen molar-refractivity contribution in [3.05, 3.63) is 104 Å². The molecular weight excluding hydrogens is 565 g/mol. The van der Waals surface area contributed by atoms with Gasteiger partial charge >= 0.3 is 0 Å². The van der Waals surface area contributed by atoms with Gasteiger partial charge in [-0.3, -0.25) is 0 Å². The first-order chi connectivity index (χ1) is 13.8. The van der Waals surface area contributed by atoms with Gasteiger partial charge in [-0.15, -0.1) is 0 Å². The number of hydrogen-bond donors (Lipinski definition) is 1. The Hall–Kier alpha value is -1.68. The van der Waals surface area contributed by atoms with Gasteiger partial charge in [0, 0.05) is 14.1 Å². The zero-order chi connectivity index (χ0) is 20.8. The molecule has 1 N–H and O–H groups in total. The monoisotopic (exact) mass is 581 g/mol. The van der Waals surface area contributed by atoms with E-state index in [9.17, 15) is 13.5 Å². The number of fused-ring (bicyclic) bond motifs is 1. The Kier molecular flexibility index (Phi) is 5.35. The van der Waals surface area contributed by atoms with Crippen LogP contribution in [0.4, 0.5) is 5.69 Å². The Morgan fingerprint density at radius 1 is 1.03 bits per heavy atom. The van der Waals surface area contributed by atoms with Crippen molar-refractivity contribution < 1.29 is 13.5 Å². The van der Waals surface area contributed by atoms with Crippen LogP contribution in [0.1, 0.15) is 16.7 Å². The Labute approximate surface area is 192 Å². The predicted molar refractivity (Wildman–Crippen MR) is 127 cm³/mol. The average Bonchev–Trinajstić information content (AvgIpc) is 2.98. The van der Waals surface area contributed by atoms with E-state index in [1.54, 1.807) is 58.7 Å². The van der Waals surface area contributed by atoms with Crippen molar-refractivity contribution in [3.63, 3.8) is 0 Å². The van der Waals surface area contributed by atoms with Crippen LogP contribution in [0.2, 0.25) is 0 Å². The van der Waals surface area contributed by atoms with Crippen molar-refractivity contribution in [2.45, 2.75) is 17.4 Å². The molecule has 1 atom stereocenters. The van der Waals surface area contributed by atoms with Crippen LogP contribution in [-0.4, -0.2) is 13.5 Å². The molecule has 29 heavy (non-hydrogen) atoms. The second-order valence-corrected chi connectivity index (χ2v) is 10.1. The van der Waals surface area contributed by atoms with Gasteiger partial charge in [0.15, 0.2) is 5.60 Å². The molecule has 4 nitrogen and oxygen atoms in total. The number of sulfonamides is 1. The number of halogens is 2. The van der Waals surface area contributed by atoms with Crippen LogP contribution >= 0.6 is 38.5 Å². The van der Waals surface area contributed by atoms with Crippen molar-refractivity contribution in [1.82, 2.24) is 0 Å². The summed E-state index contributed by atoms with van der Waals surface area (Å²) in [5, 5.41) is 11.9.